The molecule has 2 aromatic rings. The first-order valence-electron chi connectivity index (χ1n) is 5.85. The van der Waals surface area contributed by atoms with E-state index in [0.29, 0.717) is 11.6 Å². The molecule has 0 aliphatic heterocycles. The Morgan fingerprint density at radius 2 is 2.28 bits per heavy atom. The first-order valence-corrected chi connectivity index (χ1v) is 6.73. The van der Waals surface area contributed by atoms with Crippen LogP contribution in [0.5, 0.6) is 0 Å². The SMILES string of the molecule is CC(C)N(Cc1cccs1)c1cnccc1C#N. The molecule has 0 saturated heterocycles. The van der Waals surface area contributed by atoms with E-state index < -0.39 is 0 Å². The Balaban J connectivity index is 2.33. The van der Waals surface area contributed by atoms with Crippen LogP contribution >= 0.6 is 11.3 Å². The van der Waals surface area contributed by atoms with Gasteiger partial charge in [0.2, 0.25) is 0 Å². The second-order valence-corrected chi connectivity index (χ2v) is 5.34. The third-order valence-corrected chi connectivity index (χ3v) is 3.62. The zero-order chi connectivity index (χ0) is 13.0. The summed E-state index contributed by atoms with van der Waals surface area (Å²) in [7, 11) is 0. The van der Waals surface area contributed by atoms with Crippen molar-refractivity contribution >= 4 is 17.0 Å². The second kappa shape index (κ2) is 5.65. The average molecular weight is 257 g/mol. The zero-order valence-electron chi connectivity index (χ0n) is 10.5. The van der Waals surface area contributed by atoms with E-state index in [4.69, 9.17) is 0 Å². The van der Waals surface area contributed by atoms with Gasteiger partial charge < -0.3 is 4.90 Å². The molecule has 4 heteroatoms. The van der Waals surface area contributed by atoms with Gasteiger partial charge in [0.05, 0.1) is 24.0 Å². The highest BCUT2D eigenvalue weighted by atomic mass is 32.1. The number of thiophene rings is 1. The minimum atomic E-state index is 0.323. The summed E-state index contributed by atoms with van der Waals surface area (Å²) >= 11 is 1.73. The van der Waals surface area contributed by atoms with Gasteiger partial charge in [-0.25, -0.2) is 0 Å². The highest BCUT2D eigenvalue weighted by molar-refractivity contribution is 7.09. The number of aromatic nitrogens is 1. The summed E-state index contributed by atoms with van der Waals surface area (Å²) < 4.78 is 0. The summed E-state index contributed by atoms with van der Waals surface area (Å²) in [6.07, 6.45) is 3.43. The fourth-order valence-electron chi connectivity index (χ4n) is 1.83. The van der Waals surface area contributed by atoms with Gasteiger partial charge in [0.1, 0.15) is 6.07 Å². The molecule has 2 rings (SSSR count). The summed E-state index contributed by atoms with van der Waals surface area (Å²) in [6.45, 7) is 5.07. The highest BCUT2D eigenvalue weighted by Gasteiger charge is 2.15. The van der Waals surface area contributed by atoms with Crippen molar-refractivity contribution in [1.29, 1.82) is 5.26 Å². The molecule has 0 aromatic carbocycles. The average Bonchev–Trinajstić information content (AvgIpc) is 2.88. The summed E-state index contributed by atoms with van der Waals surface area (Å²) in [4.78, 5) is 7.63. The molecule has 18 heavy (non-hydrogen) atoms. The number of hydrogen-bond donors (Lipinski definition) is 0. The Morgan fingerprint density at radius 3 is 2.89 bits per heavy atom. The number of nitrogens with zero attached hydrogens (tertiary/aromatic N) is 3. The molecule has 0 atom stereocenters. The standard InChI is InChI=1S/C14H15N3S/c1-11(2)17(10-13-4-3-7-18-13)14-9-16-6-5-12(14)8-15/h3-7,9,11H,10H2,1-2H3. The summed E-state index contributed by atoms with van der Waals surface area (Å²) in [6, 6.07) is 8.48. The van der Waals surface area contributed by atoms with Crippen LogP contribution in [0.1, 0.15) is 24.3 Å². The minimum absolute atomic E-state index is 0.323. The normalized spacial score (nSPS) is 10.3. The minimum Gasteiger partial charge on any atom is -0.362 e. The third kappa shape index (κ3) is 2.69. The molecule has 2 aromatic heterocycles. The quantitative estimate of drug-likeness (QED) is 0.842. The molecule has 0 saturated carbocycles. The highest BCUT2D eigenvalue weighted by Crippen LogP contribution is 2.24. The van der Waals surface area contributed by atoms with Crippen LogP contribution in [0.25, 0.3) is 0 Å². The number of rotatable bonds is 4. The Hall–Kier alpha value is -1.86. The lowest BCUT2D eigenvalue weighted by Crippen LogP contribution is -2.30. The van der Waals surface area contributed by atoms with Crippen molar-refractivity contribution in [2.24, 2.45) is 0 Å². The van der Waals surface area contributed by atoms with Gasteiger partial charge in [-0.3, -0.25) is 4.98 Å². The van der Waals surface area contributed by atoms with Crippen LogP contribution in [-0.2, 0) is 6.54 Å². The molecular weight excluding hydrogens is 242 g/mol. The van der Waals surface area contributed by atoms with Crippen molar-refractivity contribution in [2.75, 3.05) is 4.90 Å². The van der Waals surface area contributed by atoms with E-state index in [1.165, 1.54) is 4.88 Å². The predicted molar refractivity (Wildman–Crippen MR) is 74.6 cm³/mol. The van der Waals surface area contributed by atoms with Crippen LogP contribution in [0.2, 0.25) is 0 Å². The predicted octanol–water partition coefficient (Wildman–Crippen LogP) is 3.43. The van der Waals surface area contributed by atoms with Crippen molar-refractivity contribution in [1.82, 2.24) is 4.98 Å². The van der Waals surface area contributed by atoms with Crippen LogP contribution in [0.15, 0.2) is 36.0 Å². The first-order chi connectivity index (χ1) is 8.72. The van der Waals surface area contributed by atoms with Crippen LogP contribution in [0.4, 0.5) is 5.69 Å². The number of pyridine rings is 1. The molecule has 2 heterocycles. The van der Waals surface area contributed by atoms with Crippen molar-refractivity contribution in [3.8, 4) is 6.07 Å². The fourth-order valence-corrected chi connectivity index (χ4v) is 2.53. The lowest BCUT2D eigenvalue weighted by molar-refractivity contribution is 0.685. The first kappa shape index (κ1) is 12.6. The van der Waals surface area contributed by atoms with Gasteiger partial charge in [0.15, 0.2) is 0 Å². The van der Waals surface area contributed by atoms with Gasteiger partial charge in [0, 0.05) is 17.1 Å². The number of hydrogen-bond acceptors (Lipinski definition) is 4. The molecule has 92 valence electrons. The molecule has 0 spiro atoms. The van der Waals surface area contributed by atoms with E-state index in [1.807, 2.05) is 6.07 Å². The molecule has 0 radical (unpaired) electrons. The lowest BCUT2D eigenvalue weighted by atomic mass is 10.2. The molecule has 0 aliphatic carbocycles. The van der Waals surface area contributed by atoms with E-state index in [0.717, 1.165) is 12.2 Å². The molecule has 0 aliphatic rings. The van der Waals surface area contributed by atoms with Gasteiger partial charge in [0.25, 0.3) is 0 Å². The summed E-state index contributed by atoms with van der Waals surface area (Å²) in [5.74, 6) is 0. The van der Waals surface area contributed by atoms with Gasteiger partial charge in [-0.15, -0.1) is 11.3 Å². The fraction of sp³-hybridized carbons (Fsp3) is 0.286. The zero-order valence-corrected chi connectivity index (χ0v) is 11.3. The monoisotopic (exact) mass is 257 g/mol. The van der Waals surface area contributed by atoms with Crippen LogP contribution in [-0.4, -0.2) is 11.0 Å². The smallest absolute Gasteiger partial charge is 0.101 e. The van der Waals surface area contributed by atoms with Crippen molar-refractivity contribution < 1.29 is 0 Å². The molecule has 0 N–H and O–H groups in total. The van der Waals surface area contributed by atoms with E-state index in [9.17, 15) is 5.26 Å². The topological polar surface area (TPSA) is 39.9 Å². The molecule has 0 amide bonds. The Labute approximate surface area is 111 Å². The summed E-state index contributed by atoms with van der Waals surface area (Å²) in [5, 5.41) is 11.2. The van der Waals surface area contributed by atoms with Crippen LogP contribution in [0, 0.1) is 11.3 Å². The van der Waals surface area contributed by atoms with Gasteiger partial charge >= 0.3 is 0 Å². The van der Waals surface area contributed by atoms with Crippen molar-refractivity contribution in [2.45, 2.75) is 26.4 Å². The van der Waals surface area contributed by atoms with Gasteiger partial charge in [-0.2, -0.15) is 5.26 Å². The largest absolute Gasteiger partial charge is 0.362 e. The number of nitriles is 1. The molecule has 0 unspecified atom stereocenters. The Morgan fingerprint density at radius 1 is 1.44 bits per heavy atom. The van der Waals surface area contributed by atoms with E-state index >= 15 is 0 Å². The summed E-state index contributed by atoms with van der Waals surface area (Å²) in [5.41, 5.74) is 1.58. The van der Waals surface area contributed by atoms with Crippen molar-refractivity contribution in [3.05, 3.63) is 46.4 Å². The number of anilines is 1. The van der Waals surface area contributed by atoms with E-state index in [1.54, 1.807) is 29.8 Å². The lowest BCUT2D eigenvalue weighted by Gasteiger charge is -2.28. The van der Waals surface area contributed by atoms with Gasteiger partial charge in [-0.1, -0.05) is 6.07 Å². The Bertz CT molecular complexity index is 540. The maximum absolute atomic E-state index is 9.17. The van der Waals surface area contributed by atoms with Crippen molar-refractivity contribution in [3.63, 3.8) is 0 Å². The maximum atomic E-state index is 9.17. The maximum Gasteiger partial charge on any atom is 0.101 e. The molecule has 3 nitrogen and oxygen atoms in total. The van der Waals surface area contributed by atoms with Crippen LogP contribution < -0.4 is 4.90 Å². The van der Waals surface area contributed by atoms with Gasteiger partial charge in [-0.05, 0) is 31.4 Å². The van der Waals surface area contributed by atoms with Crippen LogP contribution in [0.3, 0.4) is 0 Å². The second-order valence-electron chi connectivity index (χ2n) is 4.31. The van der Waals surface area contributed by atoms with E-state index in [2.05, 4.69) is 41.2 Å². The Kier molecular flexibility index (Phi) is 3.96. The molecule has 0 bridgehead atoms. The third-order valence-electron chi connectivity index (χ3n) is 2.76. The molecular formula is C14H15N3S. The molecule has 0 fully saturated rings. The van der Waals surface area contributed by atoms with E-state index in [-0.39, 0.29) is 0 Å².